The molecule has 0 aliphatic carbocycles. The molecule has 7 nitrogen and oxygen atoms in total. The van der Waals surface area contributed by atoms with E-state index in [4.69, 9.17) is 0 Å². The predicted octanol–water partition coefficient (Wildman–Crippen LogP) is 1.64. The van der Waals surface area contributed by atoms with Crippen molar-refractivity contribution in [2.75, 3.05) is 25.5 Å². The van der Waals surface area contributed by atoms with E-state index in [-0.39, 0.29) is 16.8 Å². The van der Waals surface area contributed by atoms with Crippen LogP contribution in [0.25, 0.3) is 0 Å². The number of amidine groups is 1. The highest BCUT2D eigenvalue weighted by atomic mass is 32.2. The number of carbonyl (C=O) groups excluding carboxylic acids is 1. The van der Waals surface area contributed by atoms with E-state index >= 15 is 0 Å². The summed E-state index contributed by atoms with van der Waals surface area (Å²) in [6.45, 7) is 0.606. The highest BCUT2D eigenvalue weighted by Crippen LogP contribution is 2.29. The molecule has 2 rings (SSSR count). The molecule has 1 aliphatic rings. The molecule has 112 valence electrons. The fourth-order valence-corrected chi connectivity index (χ4v) is 3.08. The number of nitrogens with zero attached hydrogens (tertiary/aromatic N) is 3. The summed E-state index contributed by atoms with van der Waals surface area (Å²) in [5.74, 6) is 0.00486. The van der Waals surface area contributed by atoms with E-state index in [2.05, 4.69) is 10.3 Å². The summed E-state index contributed by atoms with van der Waals surface area (Å²) >= 11 is 1.41. The lowest BCUT2D eigenvalue weighted by Crippen LogP contribution is -2.29. The van der Waals surface area contributed by atoms with E-state index in [1.807, 2.05) is 0 Å². The lowest BCUT2D eigenvalue weighted by Gasteiger charge is -2.16. The fourth-order valence-electron chi connectivity index (χ4n) is 2.13. The lowest BCUT2D eigenvalue weighted by atomic mass is 10.2. The van der Waals surface area contributed by atoms with Gasteiger partial charge in [-0.05, 0) is 18.6 Å². The topological polar surface area (TPSA) is 87.8 Å². The SMILES string of the molecule is CN=C(NC)SC1CCN(c2ccc([N+](=O)[O-])cc2)C1=O. The van der Waals surface area contributed by atoms with Crippen molar-refractivity contribution < 1.29 is 9.72 Å². The zero-order valence-corrected chi connectivity index (χ0v) is 12.6. The van der Waals surface area contributed by atoms with E-state index < -0.39 is 4.92 Å². The number of hydrogen-bond donors (Lipinski definition) is 1. The van der Waals surface area contributed by atoms with E-state index in [0.717, 1.165) is 11.6 Å². The second kappa shape index (κ2) is 6.57. The van der Waals surface area contributed by atoms with Crippen molar-refractivity contribution in [3.63, 3.8) is 0 Å². The van der Waals surface area contributed by atoms with Crippen molar-refractivity contribution in [3.05, 3.63) is 34.4 Å². The van der Waals surface area contributed by atoms with Crippen LogP contribution in [0.2, 0.25) is 0 Å². The first-order valence-electron chi connectivity index (χ1n) is 6.44. The van der Waals surface area contributed by atoms with Crippen LogP contribution in [-0.4, -0.2) is 41.9 Å². The number of nitro groups is 1. The van der Waals surface area contributed by atoms with Crippen LogP contribution < -0.4 is 10.2 Å². The standard InChI is InChI=1S/C13H16N4O3S/c1-14-13(15-2)21-11-7-8-16(12(11)18)9-3-5-10(6-4-9)17(19)20/h3-6,11H,7-8H2,1-2H3,(H,14,15). The smallest absolute Gasteiger partial charge is 0.269 e. The number of benzene rings is 1. The van der Waals surface area contributed by atoms with E-state index in [1.165, 1.54) is 23.9 Å². The molecule has 0 saturated carbocycles. The maximum absolute atomic E-state index is 12.4. The summed E-state index contributed by atoms with van der Waals surface area (Å²) < 4.78 is 0. The molecular formula is C13H16N4O3S. The second-order valence-electron chi connectivity index (χ2n) is 4.44. The molecule has 1 fully saturated rings. The predicted molar refractivity (Wildman–Crippen MR) is 83.9 cm³/mol. The molecule has 1 atom stereocenters. The van der Waals surface area contributed by atoms with Crippen molar-refractivity contribution in [1.82, 2.24) is 5.32 Å². The Labute approximate surface area is 126 Å². The number of anilines is 1. The van der Waals surface area contributed by atoms with Crippen LogP contribution in [0.15, 0.2) is 29.3 Å². The van der Waals surface area contributed by atoms with Gasteiger partial charge < -0.3 is 10.2 Å². The Morgan fingerprint density at radius 1 is 1.48 bits per heavy atom. The minimum atomic E-state index is -0.453. The van der Waals surface area contributed by atoms with Crippen LogP contribution in [0.5, 0.6) is 0 Å². The molecule has 8 heteroatoms. The second-order valence-corrected chi connectivity index (χ2v) is 5.63. The Kier molecular flexibility index (Phi) is 4.79. The molecule has 1 unspecified atom stereocenters. The molecule has 1 aromatic carbocycles. The number of amides is 1. The quantitative estimate of drug-likeness (QED) is 0.397. The summed E-state index contributed by atoms with van der Waals surface area (Å²) in [6, 6.07) is 6.04. The van der Waals surface area contributed by atoms with Gasteiger partial charge in [0.1, 0.15) is 0 Å². The number of thioether (sulfide) groups is 1. The van der Waals surface area contributed by atoms with Gasteiger partial charge in [-0.15, -0.1) is 0 Å². The van der Waals surface area contributed by atoms with Gasteiger partial charge >= 0.3 is 0 Å². The molecule has 1 saturated heterocycles. The largest absolute Gasteiger partial charge is 0.368 e. The molecule has 1 N–H and O–H groups in total. The molecule has 0 radical (unpaired) electrons. The lowest BCUT2D eigenvalue weighted by molar-refractivity contribution is -0.384. The number of hydrogen-bond acceptors (Lipinski definition) is 5. The molecule has 1 aliphatic heterocycles. The Balaban J connectivity index is 2.09. The first kappa shape index (κ1) is 15.3. The highest BCUT2D eigenvalue weighted by Gasteiger charge is 2.34. The van der Waals surface area contributed by atoms with Gasteiger partial charge in [0, 0.05) is 38.5 Å². The molecule has 1 heterocycles. The van der Waals surface area contributed by atoms with Crippen LogP contribution in [0, 0.1) is 10.1 Å². The van der Waals surface area contributed by atoms with Crippen LogP contribution >= 0.6 is 11.8 Å². The number of rotatable bonds is 3. The van der Waals surface area contributed by atoms with Crippen LogP contribution in [0.4, 0.5) is 11.4 Å². The molecule has 0 bridgehead atoms. The average molecular weight is 308 g/mol. The summed E-state index contributed by atoms with van der Waals surface area (Å²) in [4.78, 5) is 28.3. The normalized spacial score (nSPS) is 19.0. The fraction of sp³-hybridized carbons (Fsp3) is 0.385. The van der Waals surface area contributed by atoms with Gasteiger partial charge in [-0.25, -0.2) is 0 Å². The van der Waals surface area contributed by atoms with Crippen LogP contribution in [0.3, 0.4) is 0 Å². The third kappa shape index (κ3) is 3.33. The first-order chi connectivity index (χ1) is 10.1. The number of nitro benzene ring substituents is 1. The monoisotopic (exact) mass is 308 g/mol. The Bertz CT molecular complexity index is 573. The minimum absolute atomic E-state index is 0.00486. The van der Waals surface area contributed by atoms with E-state index in [1.54, 1.807) is 31.1 Å². The molecule has 1 aromatic rings. The summed E-state index contributed by atoms with van der Waals surface area (Å²) in [5.41, 5.74) is 0.708. The summed E-state index contributed by atoms with van der Waals surface area (Å²) in [6.07, 6.45) is 0.723. The van der Waals surface area contributed by atoms with Crippen molar-refractivity contribution in [3.8, 4) is 0 Å². The van der Waals surface area contributed by atoms with Gasteiger partial charge in [0.15, 0.2) is 5.17 Å². The Morgan fingerprint density at radius 3 is 2.67 bits per heavy atom. The molecule has 0 aromatic heterocycles. The average Bonchev–Trinajstić information content (AvgIpc) is 2.85. The first-order valence-corrected chi connectivity index (χ1v) is 7.31. The van der Waals surface area contributed by atoms with Crippen molar-refractivity contribution in [2.45, 2.75) is 11.7 Å². The Hall–Kier alpha value is -2.09. The van der Waals surface area contributed by atoms with Crippen molar-refractivity contribution in [1.29, 1.82) is 0 Å². The summed E-state index contributed by atoms with van der Waals surface area (Å²) in [5, 5.41) is 14.1. The number of nitrogens with one attached hydrogen (secondary N) is 1. The van der Waals surface area contributed by atoms with Gasteiger partial charge in [-0.3, -0.25) is 19.9 Å². The molecule has 1 amide bonds. The zero-order valence-electron chi connectivity index (χ0n) is 11.8. The zero-order chi connectivity index (χ0) is 15.4. The van der Waals surface area contributed by atoms with E-state index in [9.17, 15) is 14.9 Å². The minimum Gasteiger partial charge on any atom is -0.368 e. The van der Waals surface area contributed by atoms with Crippen molar-refractivity contribution >= 4 is 34.2 Å². The van der Waals surface area contributed by atoms with Gasteiger partial charge in [-0.1, -0.05) is 11.8 Å². The van der Waals surface area contributed by atoms with Gasteiger partial charge in [0.25, 0.3) is 5.69 Å². The highest BCUT2D eigenvalue weighted by molar-refractivity contribution is 8.14. The number of aliphatic imine (C=N–C) groups is 1. The van der Waals surface area contributed by atoms with Crippen LogP contribution in [0.1, 0.15) is 6.42 Å². The Morgan fingerprint density at radius 2 is 2.14 bits per heavy atom. The van der Waals surface area contributed by atoms with Crippen molar-refractivity contribution in [2.24, 2.45) is 4.99 Å². The number of carbonyl (C=O) groups is 1. The van der Waals surface area contributed by atoms with Gasteiger partial charge in [-0.2, -0.15) is 0 Å². The van der Waals surface area contributed by atoms with E-state index in [0.29, 0.717) is 12.2 Å². The van der Waals surface area contributed by atoms with Gasteiger partial charge in [0.2, 0.25) is 5.91 Å². The molecule has 0 spiro atoms. The maximum Gasteiger partial charge on any atom is 0.269 e. The molecule has 21 heavy (non-hydrogen) atoms. The third-order valence-electron chi connectivity index (χ3n) is 3.20. The number of non-ortho nitro benzene ring substituents is 1. The molecular weight excluding hydrogens is 292 g/mol. The maximum atomic E-state index is 12.4. The van der Waals surface area contributed by atoms with Gasteiger partial charge in [0.05, 0.1) is 10.2 Å². The van der Waals surface area contributed by atoms with Crippen LogP contribution in [-0.2, 0) is 4.79 Å². The third-order valence-corrected chi connectivity index (χ3v) is 4.53. The summed E-state index contributed by atoms with van der Waals surface area (Å²) in [7, 11) is 3.44.